The van der Waals surface area contributed by atoms with Crippen LogP contribution in [0.2, 0.25) is 0 Å². The zero-order chi connectivity index (χ0) is 18.0. The lowest BCUT2D eigenvalue weighted by Gasteiger charge is -2.29. The van der Waals surface area contributed by atoms with Gasteiger partial charge in [0.2, 0.25) is 5.91 Å². The minimum Gasteiger partial charge on any atom is -0.482 e. The van der Waals surface area contributed by atoms with E-state index in [0.717, 1.165) is 15.7 Å². The summed E-state index contributed by atoms with van der Waals surface area (Å²) in [5, 5.41) is 0. The molecule has 0 saturated carbocycles. The van der Waals surface area contributed by atoms with Crippen molar-refractivity contribution in [3.05, 3.63) is 52.5 Å². The van der Waals surface area contributed by atoms with Crippen LogP contribution in [0.1, 0.15) is 12.0 Å². The van der Waals surface area contributed by atoms with Gasteiger partial charge in [0.25, 0.3) is 5.91 Å². The van der Waals surface area contributed by atoms with Gasteiger partial charge in [-0.3, -0.25) is 9.59 Å². The Morgan fingerprint density at radius 1 is 1.28 bits per heavy atom. The van der Waals surface area contributed by atoms with Gasteiger partial charge in [-0.1, -0.05) is 28.1 Å². The highest BCUT2D eigenvalue weighted by atomic mass is 79.9. The maximum Gasteiger partial charge on any atom is 0.265 e. The SMILES string of the molecule is Cc1cc(N(C)C(=O)CCN2C(=O)COc3ccccc32)ccc1Br. The summed E-state index contributed by atoms with van der Waals surface area (Å²) in [6, 6.07) is 13.2. The smallest absolute Gasteiger partial charge is 0.265 e. The van der Waals surface area contributed by atoms with Crippen molar-refractivity contribution in [3.63, 3.8) is 0 Å². The zero-order valence-corrected chi connectivity index (χ0v) is 15.7. The van der Waals surface area contributed by atoms with E-state index in [1.165, 1.54) is 0 Å². The molecule has 130 valence electrons. The van der Waals surface area contributed by atoms with Crippen LogP contribution in [-0.4, -0.2) is 32.0 Å². The molecule has 0 bridgehead atoms. The molecule has 25 heavy (non-hydrogen) atoms. The van der Waals surface area contributed by atoms with Crippen molar-refractivity contribution in [3.8, 4) is 5.75 Å². The maximum atomic E-state index is 12.5. The van der Waals surface area contributed by atoms with Gasteiger partial charge in [-0.05, 0) is 42.8 Å². The summed E-state index contributed by atoms with van der Waals surface area (Å²) in [6.45, 7) is 2.32. The number of ether oxygens (including phenoxy) is 1. The topological polar surface area (TPSA) is 49.9 Å². The summed E-state index contributed by atoms with van der Waals surface area (Å²) in [6.07, 6.45) is 0.242. The lowest BCUT2D eigenvalue weighted by molar-refractivity contribution is -0.121. The van der Waals surface area contributed by atoms with E-state index in [2.05, 4.69) is 15.9 Å². The van der Waals surface area contributed by atoms with Gasteiger partial charge in [-0.2, -0.15) is 0 Å². The summed E-state index contributed by atoms with van der Waals surface area (Å²) >= 11 is 3.46. The molecular weight excluding hydrogens is 384 g/mol. The fourth-order valence-corrected chi connectivity index (χ4v) is 3.00. The third-order valence-electron chi connectivity index (χ3n) is 4.26. The average molecular weight is 403 g/mol. The van der Waals surface area contributed by atoms with Gasteiger partial charge in [-0.15, -0.1) is 0 Å². The molecule has 6 heteroatoms. The molecule has 0 N–H and O–H groups in total. The second kappa shape index (κ2) is 7.27. The van der Waals surface area contributed by atoms with Crippen LogP contribution in [0, 0.1) is 6.92 Å². The minimum absolute atomic E-state index is 0.00689. The van der Waals surface area contributed by atoms with E-state index in [-0.39, 0.29) is 24.8 Å². The Morgan fingerprint density at radius 2 is 2.04 bits per heavy atom. The molecule has 0 atom stereocenters. The molecule has 2 aromatic carbocycles. The number of nitrogens with zero attached hydrogens (tertiary/aromatic N) is 2. The summed E-state index contributed by atoms with van der Waals surface area (Å²) in [5.74, 6) is 0.499. The van der Waals surface area contributed by atoms with Gasteiger partial charge in [0, 0.05) is 30.2 Å². The molecule has 0 saturated heterocycles. The molecule has 2 aromatic rings. The summed E-state index contributed by atoms with van der Waals surface area (Å²) in [4.78, 5) is 28.0. The second-order valence-corrected chi connectivity index (χ2v) is 6.79. The first-order valence-electron chi connectivity index (χ1n) is 8.02. The predicted octanol–water partition coefficient (Wildman–Crippen LogP) is 3.54. The van der Waals surface area contributed by atoms with E-state index in [1.807, 2.05) is 49.4 Å². The van der Waals surface area contributed by atoms with Gasteiger partial charge in [0.05, 0.1) is 5.69 Å². The average Bonchev–Trinajstić information content (AvgIpc) is 2.62. The highest BCUT2D eigenvalue weighted by Crippen LogP contribution is 2.31. The number of para-hydroxylation sites is 2. The lowest BCUT2D eigenvalue weighted by Crippen LogP contribution is -2.41. The number of rotatable bonds is 4. The molecule has 0 fully saturated rings. The first-order chi connectivity index (χ1) is 12.0. The van der Waals surface area contributed by atoms with E-state index < -0.39 is 0 Å². The van der Waals surface area contributed by atoms with E-state index in [0.29, 0.717) is 18.0 Å². The third-order valence-corrected chi connectivity index (χ3v) is 5.15. The normalized spacial score (nSPS) is 13.2. The van der Waals surface area contributed by atoms with Crippen molar-refractivity contribution >= 4 is 39.1 Å². The van der Waals surface area contributed by atoms with Gasteiger partial charge < -0.3 is 14.5 Å². The number of fused-ring (bicyclic) bond motifs is 1. The van der Waals surface area contributed by atoms with Gasteiger partial charge in [0.1, 0.15) is 5.75 Å². The minimum atomic E-state index is -0.131. The standard InChI is InChI=1S/C19H19BrN2O3/c1-13-11-14(7-8-15(13)20)21(2)18(23)9-10-22-16-5-3-4-6-17(16)25-12-19(22)24/h3-8,11H,9-10,12H2,1-2H3. The van der Waals surface area contributed by atoms with E-state index >= 15 is 0 Å². The first kappa shape index (κ1) is 17.5. The van der Waals surface area contributed by atoms with Crippen molar-refractivity contribution in [1.29, 1.82) is 0 Å². The van der Waals surface area contributed by atoms with Crippen LogP contribution in [0.3, 0.4) is 0 Å². The third kappa shape index (κ3) is 3.69. The van der Waals surface area contributed by atoms with Crippen LogP contribution in [0.5, 0.6) is 5.75 Å². The summed E-state index contributed by atoms with van der Waals surface area (Å²) in [7, 11) is 1.75. The maximum absolute atomic E-state index is 12.5. The second-order valence-electron chi connectivity index (χ2n) is 5.94. The number of carbonyl (C=O) groups excluding carboxylic acids is 2. The Kier molecular flexibility index (Phi) is 5.08. The number of hydrogen-bond donors (Lipinski definition) is 0. The molecule has 0 spiro atoms. The summed E-state index contributed by atoms with van der Waals surface area (Å²) < 4.78 is 6.43. The molecule has 0 aromatic heterocycles. The fraction of sp³-hybridized carbons (Fsp3) is 0.263. The molecule has 0 aliphatic carbocycles. The Bertz CT molecular complexity index is 822. The van der Waals surface area contributed by atoms with Crippen LogP contribution in [0.25, 0.3) is 0 Å². The fourth-order valence-electron chi connectivity index (χ4n) is 2.76. The van der Waals surface area contributed by atoms with Crippen molar-refractivity contribution in [2.75, 3.05) is 30.0 Å². The van der Waals surface area contributed by atoms with E-state index in [9.17, 15) is 9.59 Å². The first-order valence-corrected chi connectivity index (χ1v) is 8.81. The largest absolute Gasteiger partial charge is 0.482 e. The van der Waals surface area contributed by atoms with E-state index in [1.54, 1.807) is 16.8 Å². The quantitative estimate of drug-likeness (QED) is 0.785. The van der Waals surface area contributed by atoms with Crippen molar-refractivity contribution in [1.82, 2.24) is 0 Å². The van der Waals surface area contributed by atoms with Gasteiger partial charge >= 0.3 is 0 Å². The van der Waals surface area contributed by atoms with E-state index in [4.69, 9.17) is 4.74 Å². The van der Waals surface area contributed by atoms with Crippen molar-refractivity contribution in [2.24, 2.45) is 0 Å². The molecule has 2 amide bonds. The number of benzene rings is 2. The monoisotopic (exact) mass is 402 g/mol. The molecular formula is C19H19BrN2O3. The van der Waals surface area contributed by atoms with Crippen LogP contribution in [-0.2, 0) is 9.59 Å². The highest BCUT2D eigenvalue weighted by Gasteiger charge is 2.26. The number of carbonyl (C=O) groups is 2. The number of halogens is 1. The molecule has 3 rings (SSSR count). The number of anilines is 2. The summed E-state index contributed by atoms with van der Waals surface area (Å²) in [5.41, 5.74) is 2.61. The van der Waals surface area contributed by atoms with Crippen LogP contribution < -0.4 is 14.5 Å². The lowest BCUT2D eigenvalue weighted by atomic mass is 10.2. The van der Waals surface area contributed by atoms with Crippen molar-refractivity contribution in [2.45, 2.75) is 13.3 Å². The predicted molar refractivity (Wildman–Crippen MR) is 101 cm³/mol. The Hall–Kier alpha value is -2.34. The van der Waals surface area contributed by atoms with Crippen LogP contribution >= 0.6 is 15.9 Å². The zero-order valence-electron chi connectivity index (χ0n) is 14.2. The number of aryl methyl sites for hydroxylation is 1. The Balaban J connectivity index is 1.69. The number of hydrogen-bond acceptors (Lipinski definition) is 3. The van der Waals surface area contributed by atoms with Gasteiger partial charge in [-0.25, -0.2) is 0 Å². The number of amides is 2. The molecule has 0 radical (unpaired) electrons. The van der Waals surface area contributed by atoms with Gasteiger partial charge in [0.15, 0.2) is 6.61 Å². The molecule has 5 nitrogen and oxygen atoms in total. The molecule has 1 aliphatic rings. The van der Waals surface area contributed by atoms with Crippen LogP contribution in [0.15, 0.2) is 46.9 Å². The van der Waals surface area contributed by atoms with Crippen LogP contribution in [0.4, 0.5) is 11.4 Å². The van der Waals surface area contributed by atoms with Crippen molar-refractivity contribution < 1.29 is 14.3 Å². The highest BCUT2D eigenvalue weighted by molar-refractivity contribution is 9.10. The molecule has 1 heterocycles. The Labute approximate surface area is 155 Å². The molecule has 0 unspecified atom stereocenters. The Morgan fingerprint density at radius 3 is 2.80 bits per heavy atom. The molecule has 1 aliphatic heterocycles.